The van der Waals surface area contributed by atoms with Crippen molar-refractivity contribution < 1.29 is 24.2 Å². The molecule has 7 nitrogen and oxygen atoms in total. The summed E-state index contributed by atoms with van der Waals surface area (Å²) in [5.74, 6) is -2.20. The number of nitrogens with zero attached hydrogens (tertiary/aromatic N) is 2. The first-order valence-corrected chi connectivity index (χ1v) is 6.98. The van der Waals surface area contributed by atoms with E-state index in [1.165, 1.54) is 16.9 Å². The molecule has 0 radical (unpaired) electrons. The van der Waals surface area contributed by atoms with Gasteiger partial charge in [0.15, 0.2) is 5.66 Å². The summed E-state index contributed by atoms with van der Waals surface area (Å²) in [5, 5.41) is 11.9. The summed E-state index contributed by atoms with van der Waals surface area (Å²) < 4.78 is 4.97. The quantitative estimate of drug-likeness (QED) is 0.738. The number of anilines is 1. The lowest BCUT2D eigenvalue weighted by atomic mass is 9.96. The molecule has 2 aliphatic rings. The Morgan fingerprint density at radius 1 is 1.36 bits per heavy atom. The molecule has 0 saturated carbocycles. The van der Waals surface area contributed by atoms with Crippen LogP contribution >= 0.6 is 0 Å². The lowest BCUT2D eigenvalue weighted by Crippen LogP contribution is -2.71. The number of hydrogen-bond acceptors (Lipinski definition) is 5. The van der Waals surface area contributed by atoms with E-state index in [9.17, 15) is 19.5 Å². The summed E-state index contributed by atoms with van der Waals surface area (Å²) in [7, 11) is 1.46. The van der Waals surface area contributed by atoms with Crippen molar-refractivity contribution in [1.82, 2.24) is 4.90 Å². The van der Waals surface area contributed by atoms with Crippen molar-refractivity contribution in [3.05, 3.63) is 29.8 Å². The van der Waals surface area contributed by atoms with Crippen molar-refractivity contribution in [2.45, 2.75) is 18.5 Å². The molecule has 0 aromatic heterocycles. The number of carbonyl (C=O) groups excluding carboxylic acids is 3. The molecule has 1 atom stereocenters. The summed E-state index contributed by atoms with van der Waals surface area (Å²) in [5.41, 5.74) is -1.13. The lowest BCUT2D eigenvalue weighted by Gasteiger charge is -2.50. The van der Waals surface area contributed by atoms with Crippen molar-refractivity contribution in [3.63, 3.8) is 0 Å². The molecule has 1 aromatic carbocycles. The monoisotopic (exact) mass is 303 g/mol. The van der Waals surface area contributed by atoms with Gasteiger partial charge < -0.3 is 19.5 Å². The first-order chi connectivity index (χ1) is 10.5. The van der Waals surface area contributed by atoms with Crippen molar-refractivity contribution >= 4 is 23.5 Å². The van der Waals surface area contributed by atoms with E-state index >= 15 is 0 Å². The normalized spacial score (nSPS) is 23.5. The topological polar surface area (TPSA) is 90.0 Å². The van der Waals surface area contributed by atoms with Crippen LogP contribution in [0.2, 0.25) is 0 Å². The Bertz CT molecular complexity index is 659. The zero-order valence-electron chi connectivity index (χ0n) is 12.1. The SMILES string of the molecule is COCCN1C(=O)c2ccccc2N2C(=O)CC[C@]12C(=O)[O-]. The molecule has 2 heterocycles. The molecule has 1 saturated heterocycles. The van der Waals surface area contributed by atoms with Crippen LogP contribution in [0.25, 0.3) is 0 Å². The van der Waals surface area contributed by atoms with E-state index in [1.807, 2.05) is 0 Å². The van der Waals surface area contributed by atoms with Crippen molar-refractivity contribution in [3.8, 4) is 0 Å². The number of para-hydroxylation sites is 1. The van der Waals surface area contributed by atoms with Crippen LogP contribution in [-0.2, 0) is 14.3 Å². The Morgan fingerprint density at radius 2 is 2.09 bits per heavy atom. The molecule has 7 heteroatoms. The third kappa shape index (κ3) is 1.75. The molecular formula is C15H15N2O5-. The summed E-state index contributed by atoms with van der Waals surface area (Å²) >= 11 is 0. The molecule has 0 aliphatic carbocycles. The summed E-state index contributed by atoms with van der Waals surface area (Å²) in [6, 6.07) is 6.52. The number of ether oxygens (including phenoxy) is 1. The molecule has 1 fully saturated rings. The van der Waals surface area contributed by atoms with E-state index in [-0.39, 0.29) is 31.9 Å². The number of benzene rings is 1. The molecular weight excluding hydrogens is 288 g/mol. The fraction of sp³-hybridized carbons (Fsp3) is 0.400. The molecule has 0 N–H and O–H groups in total. The Labute approximate surface area is 127 Å². The third-order valence-corrected chi connectivity index (χ3v) is 4.22. The van der Waals surface area contributed by atoms with E-state index < -0.39 is 17.5 Å². The van der Waals surface area contributed by atoms with E-state index in [0.29, 0.717) is 11.3 Å². The van der Waals surface area contributed by atoms with Gasteiger partial charge in [-0.05, 0) is 12.1 Å². The second-order valence-corrected chi connectivity index (χ2v) is 5.30. The minimum atomic E-state index is -1.76. The molecule has 0 unspecified atom stereocenters. The number of aliphatic carboxylic acids is 1. The van der Waals surface area contributed by atoms with Crippen LogP contribution in [0.15, 0.2) is 24.3 Å². The number of methoxy groups -OCH3 is 1. The minimum Gasteiger partial charge on any atom is -0.545 e. The average Bonchev–Trinajstić information content (AvgIpc) is 2.86. The summed E-state index contributed by atoms with van der Waals surface area (Å²) in [4.78, 5) is 39.3. The Balaban J connectivity index is 2.21. The second kappa shape index (κ2) is 5.10. The number of carboxylic acids is 1. The van der Waals surface area contributed by atoms with Crippen LogP contribution in [0.5, 0.6) is 0 Å². The van der Waals surface area contributed by atoms with Gasteiger partial charge in [0.2, 0.25) is 5.91 Å². The van der Waals surface area contributed by atoms with E-state index in [1.54, 1.807) is 24.3 Å². The maximum atomic E-state index is 12.7. The van der Waals surface area contributed by atoms with Crippen LogP contribution < -0.4 is 10.0 Å². The zero-order chi connectivity index (χ0) is 15.9. The van der Waals surface area contributed by atoms with Gasteiger partial charge in [0.25, 0.3) is 5.91 Å². The van der Waals surface area contributed by atoms with Crippen molar-refractivity contribution in [2.75, 3.05) is 25.2 Å². The molecule has 0 spiro atoms. The number of fused-ring (bicyclic) bond motifs is 3. The molecule has 2 aliphatic heterocycles. The third-order valence-electron chi connectivity index (χ3n) is 4.22. The van der Waals surface area contributed by atoms with Crippen molar-refractivity contribution in [2.24, 2.45) is 0 Å². The van der Waals surface area contributed by atoms with Gasteiger partial charge in [0.05, 0.1) is 23.8 Å². The van der Waals surface area contributed by atoms with Gasteiger partial charge in [-0.3, -0.25) is 14.5 Å². The fourth-order valence-corrected chi connectivity index (χ4v) is 3.24. The van der Waals surface area contributed by atoms with E-state index in [4.69, 9.17) is 4.74 Å². The Kier molecular flexibility index (Phi) is 3.37. The first kappa shape index (κ1) is 14.5. The zero-order valence-corrected chi connectivity index (χ0v) is 12.1. The Morgan fingerprint density at radius 3 is 2.77 bits per heavy atom. The molecule has 116 valence electrons. The lowest BCUT2D eigenvalue weighted by molar-refractivity contribution is -0.318. The maximum absolute atomic E-state index is 12.7. The van der Waals surface area contributed by atoms with Crippen molar-refractivity contribution in [1.29, 1.82) is 0 Å². The fourth-order valence-electron chi connectivity index (χ4n) is 3.24. The van der Waals surface area contributed by atoms with Gasteiger partial charge in [0, 0.05) is 26.5 Å². The number of amides is 2. The van der Waals surface area contributed by atoms with Gasteiger partial charge in [-0.1, -0.05) is 12.1 Å². The van der Waals surface area contributed by atoms with E-state index in [2.05, 4.69) is 0 Å². The maximum Gasteiger partial charge on any atom is 0.258 e. The highest BCUT2D eigenvalue weighted by molar-refractivity contribution is 6.15. The van der Waals surface area contributed by atoms with E-state index in [0.717, 1.165) is 0 Å². The highest BCUT2D eigenvalue weighted by Crippen LogP contribution is 2.43. The highest BCUT2D eigenvalue weighted by atomic mass is 16.5. The van der Waals surface area contributed by atoms with Crippen LogP contribution in [0.4, 0.5) is 5.69 Å². The van der Waals surface area contributed by atoms with Crippen LogP contribution in [0, 0.1) is 0 Å². The molecule has 3 rings (SSSR count). The predicted molar refractivity (Wildman–Crippen MR) is 73.8 cm³/mol. The van der Waals surface area contributed by atoms with Crippen LogP contribution in [-0.4, -0.2) is 48.6 Å². The molecule has 1 aromatic rings. The Hall–Kier alpha value is -2.41. The number of rotatable bonds is 4. The van der Waals surface area contributed by atoms with Gasteiger partial charge in [0.1, 0.15) is 0 Å². The first-order valence-electron chi connectivity index (χ1n) is 6.98. The van der Waals surface area contributed by atoms with Crippen LogP contribution in [0.1, 0.15) is 23.2 Å². The van der Waals surface area contributed by atoms with Crippen LogP contribution in [0.3, 0.4) is 0 Å². The molecule has 22 heavy (non-hydrogen) atoms. The minimum absolute atomic E-state index is 0.0119. The standard InChI is InChI=1S/C15H16N2O5/c1-22-9-8-16-13(19)10-4-2-3-5-11(10)17-12(18)6-7-15(16,17)14(20)21/h2-5H,6-9H2,1H3,(H,20,21)/p-1/t15-/m0/s1. The second-order valence-electron chi connectivity index (χ2n) is 5.30. The van der Waals surface area contributed by atoms with Gasteiger partial charge in [-0.25, -0.2) is 0 Å². The summed E-state index contributed by atoms with van der Waals surface area (Å²) in [6.07, 6.45) is 0.0665. The smallest absolute Gasteiger partial charge is 0.258 e. The number of hydrogen-bond donors (Lipinski definition) is 0. The largest absolute Gasteiger partial charge is 0.545 e. The molecule has 0 bridgehead atoms. The number of carbonyl (C=O) groups is 3. The van der Waals surface area contributed by atoms with Gasteiger partial charge in [-0.2, -0.15) is 0 Å². The average molecular weight is 303 g/mol. The summed E-state index contributed by atoms with van der Waals surface area (Å²) in [6.45, 7) is 0.242. The van der Waals surface area contributed by atoms with Gasteiger partial charge >= 0.3 is 0 Å². The molecule has 2 amide bonds. The predicted octanol–water partition coefficient (Wildman–Crippen LogP) is -0.638. The highest BCUT2D eigenvalue weighted by Gasteiger charge is 2.57. The number of carboxylic acid groups (broad SMARTS) is 1. The van der Waals surface area contributed by atoms with Gasteiger partial charge in [-0.15, -0.1) is 0 Å².